The summed E-state index contributed by atoms with van der Waals surface area (Å²) in [5.74, 6) is 1.04. The number of rotatable bonds is 4. The highest BCUT2D eigenvalue weighted by Gasteiger charge is 2.43. The lowest BCUT2D eigenvalue weighted by Gasteiger charge is -2.40. The fourth-order valence-corrected chi connectivity index (χ4v) is 2.34. The van der Waals surface area contributed by atoms with Crippen molar-refractivity contribution in [3.05, 3.63) is 0 Å². The maximum absolute atomic E-state index is 12.0. The Kier molecular flexibility index (Phi) is 6.17. The highest BCUT2D eigenvalue weighted by molar-refractivity contribution is 14.0. The first kappa shape index (κ1) is 15.5. The second kappa shape index (κ2) is 7.16. The molecular weight excluding hydrogens is 343 g/mol. The van der Waals surface area contributed by atoms with Crippen molar-refractivity contribution in [1.29, 1.82) is 0 Å². The maximum Gasteiger partial charge on any atom is 0.227 e. The van der Waals surface area contributed by atoms with Gasteiger partial charge in [-0.25, -0.2) is 0 Å². The number of hydrogen-bond acceptors (Lipinski definition) is 4. The molecule has 1 amide bonds. The van der Waals surface area contributed by atoms with Gasteiger partial charge in [0.15, 0.2) is 5.96 Å². The fraction of sp³-hybridized carbons (Fsp3) is 0.833. The number of carbonyl (C=O) groups is 1. The number of halogens is 1. The van der Waals surface area contributed by atoms with E-state index in [9.17, 15) is 4.79 Å². The van der Waals surface area contributed by atoms with Crippen molar-refractivity contribution < 1.29 is 4.79 Å². The van der Waals surface area contributed by atoms with E-state index >= 15 is 0 Å². The molecule has 5 nitrogen and oxygen atoms in total. The van der Waals surface area contributed by atoms with Gasteiger partial charge in [0.05, 0.1) is 5.41 Å². The van der Waals surface area contributed by atoms with Gasteiger partial charge in [-0.3, -0.25) is 9.79 Å². The number of nitrogens with zero attached hydrogens (tertiary/aromatic N) is 1. The Labute approximate surface area is 126 Å². The first-order chi connectivity index (χ1) is 8.27. The molecule has 0 radical (unpaired) electrons. The van der Waals surface area contributed by atoms with Crippen LogP contribution in [0.2, 0.25) is 0 Å². The molecule has 0 atom stereocenters. The molecule has 1 fully saturated rings. The van der Waals surface area contributed by atoms with Crippen LogP contribution in [0.5, 0.6) is 0 Å². The first-order valence-corrected chi connectivity index (χ1v) is 6.57. The summed E-state index contributed by atoms with van der Waals surface area (Å²) in [4.78, 5) is 16.4. The minimum absolute atomic E-state index is 0. The van der Waals surface area contributed by atoms with Crippen molar-refractivity contribution in [1.82, 2.24) is 16.0 Å². The third-order valence-corrected chi connectivity index (χ3v) is 3.62. The van der Waals surface area contributed by atoms with Crippen molar-refractivity contribution in [2.24, 2.45) is 10.4 Å². The highest BCUT2D eigenvalue weighted by Crippen LogP contribution is 2.40. The quantitative estimate of drug-likeness (QED) is 0.647. The second-order valence-corrected chi connectivity index (χ2v) is 4.86. The molecule has 6 heteroatoms. The van der Waals surface area contributed by atoms with E-state index in [0.717, 1.165) is 44.7 Å². The van der Waals surface area contributed by atoms with Crippen LogP contribution in [-0.4, -0.2) is 38.0 Å². The minimum atomic E-state index is -0.197. The summed E-state index contributed by atoms with van der Waals surface area (Å²) in [6.07, 6.45) is 4.21. The van der Waals surface area contributed by atoms with Crippen LogP contribution in [-0.2, 0) is 4.79 Å². The highest BCUT2D eigenvalue weighted by atomic mass is 127. The van der Waals surface area contributed by atoms with E-state index in [1.165, 1.54) is 0 Å². The summed E-state index contributed by atoms with van der Waals surface area (Å²) < 4.78 is 0. The first-order valence-electron chi connectivity index (χ1n) is 6.57. The van der Waals surface area contributed by atoms with E-state index in [4.69, 9.17) is 0 Å². The number of carbonyl (C=O) groups excluding carboxylic acids is 1. The van der Waals surface area contributed by atoms with Crippen LogP contribution in [0.25, 0.3) is 0 Å². The zero-order valence-electron chi connectivity index (χ0n) is 10.9. The second-order valence-electron chi connectivity index (χ2n) is 4.86. The van der Waals surface area contributed by atoms with Gasteiger partial charge in [0.1, 0.15) is 0 Å². The molecule has 0 aromatic rings. The number of nitrogens with one attached hydrogen (secondary N) is 3. The zero-order chi connectivity index (χ0) is 12.1. The average Bonchev–Trinajstić information content (AvgIpc) is 2.29. The predicted octanol–water partition coefficient (Wildman–Crippen LogP) is 0.850. The van der Waals surface area contributed by atoms with Crippen molar-refractivity contribution >= 4 is 35.8 Å². The number of amides is 1. The van der Waals surface area contributed by atoms with E-state index < -0.39 is 0 Å². The Morgan fingerprint density at radius 2 is 2.22 bits per heavy atom. The van der Waals surface area contributed by atoms with E-state index in [1.807, 2.05) is 6.92 Å². The SMILES string of the molecule is CCNC(=O)C1(CNC2=NCCCN2)CCC1.I. The normalized spacial score (nSPS) is 20.6. The molecule has 0 aromatic carbocycles. The Morgan fingerprint density at radius 3 is 2.72 bits per heavy atom. The van der Waals surface area contributed by atoms with E-state index in [2.05, 4.69) is 20.9 Å². The molecule has 18 heavy (non-hydrogen) atoms. The van der Waals surface area contributed by atoms with Crippen LogP contribution in [0.4, 0.5) is 0 Å². The van der Waals surface area contributed by atoms with Crippen LogP contribution in [0.15, 0.2) is 4.99 Å². The van der Waals surface area contributed by atoms with Gasteiger partial charge in [0.25, 0.3) is 0 Å². The Morgan fingerprint density at radius 1 is 1.44 bits per heavy atom. The van der Waals surface area contributed by atoms with Crippen LogP contribution < -0.4 is 16.0 Å². The number of guanidine groups is 1. The number of aliphatic imine (C=N–C) groups is 1. The molecule has 3 N–H and O–H groups in total. The average molecular weight is 366 g/mol. The van der Waals surface area contributed by atoms with Crippen LogP contribution in [0.3, 0.4) is 0 Å². The van der Waals surface area contributed by atoms with Crippen LogP contribution in [0.1, 0.15) is 32.6 Å². The molecule has 2 rings (SSSR count). The molecule has 104 valence electrons. The topological polar surface area (TPSA) is 65.5 Å². The lowest BCUT2D eigenvalue weighted by Crippen LogP contribution is -2.54. The summed E-state index contributed by atoms with van der Waals surface area (Å²) >= 11 is 0. The van der Waals surface area contributed by atoms with Crippen LogP contribution >= 0.6 is 24.0 Å². The molecule has 0 bridgehead atoms. The fourth-order valence-electron chi connectivity index (χ4n) is 2.34. The molecule has 1 heterocycles. The van der Waals surface area contributed by atoms with Crippen molar-refractivity contribution in [3.63, 3.8) is 0 Å². The van der Waals surface area contributed by atoms with Gasteiger partial charge >= 0.3 is 0 Å². The molecule has 1 saturated carbocycles. The standard InChI is InChI=1S/C12H22N4O.HI/c1-2-13-10(17)12(5-3-6-12)9-16-11-14-7-4-8-15-11;/h2-9H2,1H3,(H,13,17)(H2,14,15,16);1H. The van der Waals surface area contributed by atoms with Gasteiger partial charge in [-0.05, 0) is 26.2 Å². The third kappa shape index (κ3) is 3.49. The Balaban J connectivity index is 0.00000162. The van der Waals surface area contributed by atoms with E-state index in [1.54, 1.807) is 0 Å². The molecule has 0 unspecified atom stereocenters. The Bertz CT molecular complexity index is 315. The minimum Gasteiger partial charge on any atom is -0.356 e. The van der Waals surface area contributed by atoms with Gasteiger partial charge < -0.3 is 16.0 Å². The van der Waals surface area contributed by atoms with Gasteiger partial charge in [-0.1, -0.05) is 6.42 Å². The van der Waals surface area contributed by atoms with Gasteiger partial charge in [0.2, 0.25) is 5.91 Å². The van der Waals surface area contributed by atoms with Crippen molar-refractivity contribution in [2.75, 3.05) is 26.2 Å². The van der Waals surface area contributed by atoms with Gasteiger partial charge in [-0.2, -0.15) is 0 Å². The van der Waals surface area contributed by atoms with Gasteiger partial charge in [-0.15, -0.1) is 24.0 Å². The lowest BCUT2D eigenvalue weighted by molar-refractivity contribution is -0.135. The largest absolute Gasteiger partial charge is 0.356 e. The Hall–Kier alpha value is -0.530. The van der Waals surface area contributed by atoms with Crippen molar-refractivity contribution in [2.45, 2.75) is 32.6 Å². The van der Waals surface area contributed by atoms with Gasteiger partial charge in [0, 0.05) is 26.2 Å². The molecular formula is C12H23IN4O. The van der Waals surface area contributed by atoms with E-state index in [0.29, 0.717) is 13.1 Å². The lowest BCUT2D eigenvalue weighted by atomic mass is 9.68. The smallest absolute Gasteiger partial charge is 0.227 e. The molecule has 1 aliphatic heterocycles. The van der Waals surface area contributed by atoms with E-state index in [-0.39, 0.29) is 35.3 Å². The number of hydrogen-bond donors (Lipinski definition) is 3. The molecule has 0 aromatic heterocycles. The zero-order valence-corrected chi connectivity index (χ0v) is 13.3. The molecule has 2 aliphatic rings. The summed E-state index contributed by atoms with van der Waals surface area (Å²) in [6, 6.07) is 0. The summed E-state index contributed by atoms with van der Waals surface area (Å²) in [6.45, 7) is 5.22. The summed E-state index contributed by atoms with van der Waals surface area (Å²) in [7, 11) is 0. The molecule has 0 saturated heterocycles. The molecule has 0 spiro atoms. The van der Waals surface area contributed by atoms with Crippen molar-refractivity contribution in [3.8, 4) is 0 Å². The monoisotopic (exact) mass is 366 g/mol. The molecule has 1 aliphatic carbocycles. The summed E-state index contributed by atoms with van der Waals surface area (Å²) in [5.41, 5.74) is -0.197. The summed E-state index contributed by atoms with van der Waals surface area (Å²) in [5, 5.41) is 9.44. The predicted molar refractivity (Wildman–Crippen MR) is 83.3 cm³/mol. The van der Waals surface area contributed by atoms with Crippen LogP contribution in [0, 0.1) is 5.41 Å². The maximum atomic E-state index is 12.0. The third-order valence-electron chi connectivity index (χ3n) is 3.62.